The number of aryl methyl sites for hydroxylation is 2. The molecule has 0 spiro atoms. The Bertz CT molecular complexity index is 805. The standard InChI is InChI=1S/C17H17NO3/c1-10-7-11(2)16-14(8-10)18-17(21-16)13-9-12(19-3)5-6-15(13)20-4/h5-9H,1-4H3. The van der Waals surface area contributed by atoms with Crippen LogP contribution in [0.25, 0.3) is 22.6 Å². The maximum atomic E-state index is 5.94. The van der Waals surface area contributed by atoms with Gasteiger partial charge in [0.05, 0.1) is 19.8 Å². The molecule has 1 heterocycles. The van der Waals surface area contributed by atoms with E-state index in [1.54, 1.807) is 14.2 Å². The fourth-order valence-corrected chi connectivity index (χ4v) is 2.47. The molecular weight excluding hydrogens is 266 g/mol. The molecule has 3 aromatic rings. The second kappa shape index (κ2) is 5.13. The van der Waals surface area contributed by atoms with Crippen LogP contribution in [0.2, 0.25) is 0 Å². The topological polar surface area (TPSA) is 44.5 Å². The molecule has 108 valence electrons. The molecule has 0 fully saturated rings. The van der Waals surface area contributed by atoms with Crippen LogP contribution in [0, 0.1) is 13.8 Å². The molecule has 0 N–H and O–H groups in total. The Hall–Kier alpha value is -2.49. The molecule has 0 saturated heterocycles. The number of hydrogen-bond acceptors (Lipinski definition) is 4. The third kappa shape index (κ3) is 2.33. The summed E-state index contributed by atoms with van der Waals surface area (Å²) in [5.74, 6) is 1.98. The first-order valence-electron chi connectivity index (χ1n) is 6.72. The number of aromatic nitrogens is 1. The minimum absolute atomic E-state index is 0.537. The SMILES string of the molecule is COc1ccc(OC)c(-c2nc3cc(C)cc(C)c3o2)c1. The van der Waals surface area contributed by atoms with Crippen LogP contribution in [0.1, 0.15) is 11.1 Å². The van der Waals surface area contributed by atoms with Gasteiger partial charge < -0.3 is 13.9 Å². The third-order valence-electron chi connectivity index (χ3n) is 3.46. The van der Waals surface area contributed by atoms with Crippen LogP contribution in [-0.2, 0) is 0 Å². The van der Waals surface area contributed by atoms with Gasteiger partial charge in [-0.25, -0.2) is 4.98 Å². The third-order valence-corrected chi connectivity index (χ3v) is 3.46. The number of benzene rings is 2. The van der Waals surface area contributed by atoms with Crippen LogP contribution in [-0.4, -0.2) is 19.2 Å². The summed E-state index contributed by atoms with van der Waals surface area (Å²) in [7, 11) is 3.26. The molecule has 2 aromatic carbocycles. The van der Waals surface area contributed by atoms with E-state index in [2.05, 4.69) is 11.1 Å². The first-order chi connectivity index (χ1) is 10.1. The van der Waals surface area contributed by atoms with Crippen molar-refractivity contribution in [2.75, 3.05) is 14.2 Å². The molecule has 0 unspecified atom stereocenters. The summed E-state index contributed by atoms with van der Waals surface area (Å²) in [5, 5.41) is 0. The molecule has 4 nitrogen and oxygen atoms in total. The summed E-state index contributed by atoms with van der Waals surface area (Å²) in [4.78, 5) is 4.59. The number of rotatable bonds is 3. The van der Waals surface area contributed by atoms with E-state index in [0.717, 1.165) is 33.5 Å². The number of fused-ring (bicyclic) bond motifs is 1. The first kappa shape index (κ1) is 13.5. The van der Waals surface area contributed by atoms with Crippen molar-refractivity contribution in [1.82, 2.24) is 4.98 Å². The summed E-state index contributed by atoms with van der Waals surface area (Å²) in [6.45, 7) is 4.07. The highest BCUT2D eigenvalue weighted by Gasteiger charge is 2.15. The Balaban J connectivity index is 2.22. The van der Waals surface area contributed by atoms with E-state index in [1.807, 2.05) is 38.1 Å². The van der Waals surface area contributed by atoms with Gasteiger partial charge >= 0.3 is 0 Å². The van der Waals surface area contributed by atoms with Crippen molar-refractivity contribution in [3.05, 3.63) is 41.5 Å². The van der Waals surface area contributed by atoms with E-state index in [0.29, 0.717) is 11.6 Å². The van der Waals surface area contributed by atoms with Crippen LogP contribution in [0.15, 0.2) is 34.7 Å². The zero-order chi connectivity index (χ0) is 15.0. The molecule has 1 aromatic heterocycles. The van der Waals surface area contributed by atoms with E-state index in [1.165, 1.54) is 0 Å². The maximum Gasteiger partial charge on any atom is 0.231 e. The summed E-state index contributed by atoms with van der Waals surface area (Å²) in [6, 6.07) is 9.66. The van der Waals surface area contributed by atoms with Crippen molar-refractivity contribution in [2.45, 2.75) is 13.8 Å². The van der Waals surface area contributed by atoms with Crippen LogP contribution >= 0.6 is 0 Å². The molecule has 4 heteroatoms. The zero-order valence-corrected chi connectivity index (χ0v) is 12.6. The van der Waals surface area contributed by atoms with Gasteiger partial charge in [-0.05, 0) is 49.2 Å². The van der Waals surface area contributed by atoms with Gasteiger partial charge in [-0.2, -0.15) is 0 Å². The monoisotopic (exact) mass is 283 g/mol. The van der Waals surface area contributed by atoms with Crippen LogP contribution < -0.4 is 9.47 Å². The van der Waals surface area contributed by atoms with Crippen molar-refractivity contribution < 1.29 is 13.9 Å². The van der Waals surface area contributed by atoms with Crippen molar-refractivity contribution in [3.63, 3.8) is 0 Å². The van der Waals surface area contributed by atoms with Crippen molar-refractivity contribution in [1.29, 1.82) is 0 Å². The van der Waals surface area contributed by atoms with E-state index in [9.17, 15) is 0 Å². The summed E-state index contributed by atoms with van der Waals surface area (Å²) < 4.78 is 16.6. The number of hydrogen-bond donors (Lipinski definition) is 0. The predicted octanol–water partition coefficient (Wildman–Crippen LogP) is 4.13. The lowest BCUT2D eigenvalue weighted by Crippen LogP contribution is -1.90. The van der Waals surface area contributed by atoms with Crippen LogP contribution in [0.3, 0.4) is 0 Å². The van der Waals surface area contributed by atoms with Crippen molar-refractivity contribution in [2.24, 2.45) is 0 Å². The quantitative estimate of drug-likeness (QED) is 0.725. The molecule has 0 radical (unpaired) electrons. The van der Waals surface area contributed by atoms with Gasteiger partial charge in [-0.15, -0.1) is 0 Å². The van der Waals surface area contributed by atoms with E-state index in [-0.39, 0.29) is 0 Å². The summed E-state index contributed by atoms with van der Waals surface area (Å²) >= 11 is 0. The molecule has 3 rings (SSSR count). The van der Waals surface area contributed by atoms with Crippen molar-refractivity contribution >= 4 is 11.1 Å². The number of methoxy groups -OCH3 is 2. The fraction of sp³-hybridized carbons (Fsp3) is 0.235. The molecular formula is C17H17NO3. The largest absolute Gasteiger partial charge is 0.497 e. The Morgan fingerprint density at radius 2 is 1.81 bits per heavy atom. The van der Waals surface area contributed by atoms with E-state index in [4.69, 9.17) is 13.9 Å². The molecule has 0 amide bonds. The van der Waals surface area contributed by atoms with Gasteiger partial charge in [-0.1, -0.05) is 6.07 Å². The molecule has 21 heavy (non-hydrogen) atoms. The molecule has 0 saturated carbocycles. The second-order valence-electron chi connectivity index (χ2n) is 5.02. The van der Waals surface area contributed by atoms with Gasteiger partial charge in [0, 0.05) is 0 Å². The lowest BCUT2D eigenvalue weighted by molar-refractivity contribution is 0.403. The van der Waals surface area contributed by atoms with E-state index < -0.39 is 0 Å². The molecule has 0 bridgehead atoms. The lowest BCUT2D eigenvalue weighted by Gasteiger charge is -2.07. The van der Waals surface area contributed by atoms with Gasteiger partial charge in [0.25, 0.3) is 0 Å². The molecule has 0 aliphatic heterocycles. The molecule has 0 aliphatic carbocycles. The van der Waals surface area contributed by atoms with Crippen molar-refractivity contribution in [3.8, 4) is 23.0 Å². The van der Waals surface area contributed by atoms with Crippen LogP contribution in [0.5, 0.6) is 11.5 Å². The fourth-order valence-electron chi connectivity index (χ4n) is 2.47. The predicted molar refractivity (Wildman–Crippen MR) is 82.0 cm³/mol. The average molecular weight is 283 g/mol. The van der Waals surface area contributed by atoms with Gasteiger partial charge in [0.1, 0.15) is 17.0 Å². The summed E-state index contributed by atoms with van der Waals surface area (Å²) in [6.07, 6.45) is 0. The highest BCUT2D eigenvalue weighted by molar-refractivity contribution is 5.81. The number of oxazole rings is 1. The van der Waals surface area contributed by atoms with E-state index >= 15 is 0 Å². The second-order valence-corrected chi connectivity index (χ2v) is 5.02. The zero-order valence-electron chi connectivity index (χ0n) is 12.6. The first-order valence-corrected chi connectivity index (χ1v) is 6.72. The summed E-state index contributed by atoms with van der Waals surface area (Å²) in [5.41, 5.74) is 4.68. The smallest absolute Gasteiger partial charge is 0.231 e. The molecule has 0 atom stereocenters. The Morgan fingerprint density at radius 3 is 2.52 bits per heavy atom. The van der Waals surface area contributed by atoms with Gasteiger partial charge in [0.15, 0.2) is 5.58 Å². The normalized spacial score (nSPS) is 10.9. The number of ether oxygens (including phenoxy) is 2. The maximum absolute atomic E-state index is 5.94. The highest BCUT2D eigenvalue weighted by atomic mass is 16.5. The lowest BCUT2D eigenvalue weighted by atomic mass is 10.1. The minimum atomic E-state index is 0.537. The molecule has 0 aliphatic rings. The Kier molecular flexibility index (Phi) is 3.29. The van der Waals surface area contributed by atoms with Gasteiger partial charge in [0.2, 0.25) is 5.89 Å². The Morgan fingerprint density at radius 1 is 1.00 bits per heavy atom. The Labute approximate surface area is 123 Å². The van der Waals surface area contributed by atoms with Gasteiger partial charge in [-0.3, -0.25) is 0 Å². The highest BCUT2D eigenvalue weighted by Crippen LogP contribution is 2.35. The number of nitrogens with zero attached hydrogens (tertiary/aromatic N) is 1. The van der Waals surface area contributed by atoms with Crippen LogP contribution in [0.4, 0.5) is 0 Å². The minimum Gasteiger partial charge on any atom is -0.497 e. The average Bonchev–Trinajstić information content (AvgIpc) is 2.90.